The molecule has 0 aliphatic carbocycles. The van der Waals surface area contributed by atoms with Crippen molar-refractivity contribution in [2.24, 2.45) is 0 Å². The van der Waals surface area contributed by atoms with Gasteiger partial charge in [0.25, 0.3) is 0 Å². The summed E-state index contributed by atoms with van der Waals surface area (Å²) in [6.45, 7) is 0. The molecular formula is C5H3BrINO. The summed E-state index contributed by atoms with van der Waals surface area (Å²) in [5.41, 5.74) is 0. The molecule has 0 spiro atoms. The van der Waals surface area contributed by atoms with Gasteiger partial charge in [-0.2, -0.15) is 0 Å². The zero-order chi connectivity index (χ0) is 6.85. The van der Waals surface area contributed by atoms with Gasteiger partial charge < -0.3 is 5.11 Å². The average molecular weight is 300 g/mol. The third-order valence-electron chi connectivity index (χ3n) is 0.782. The van der Waals surface area contributed by atoms with Crippen molar-refractivity contribution in [1.29, 1.82) is 0 Å². The van der Waals surface area contributed by atoms with Gasteiger partial charge in [0, 0.05) is 3.57 Å². The summed E-state index contributed by atoms with van der Waals surface area (Å²) in [7, 11) is 0. The third kappa shape index (κ3) is 1.79. The fourth-order valence-electron chi connectivity index (χ4n) is 0.411. The van der Waals surface area contributed by atoms with Gasteiger partial charge >= 0.3 is 0 Å². The third-order valence-corrected chi connectivity index (χ3v) is 2.98. The monoisotopic (exact) mass is 299 g/mol. The van der Waals surface area contributed by atoms with Gasteiger partial charge in [0.1, 0.15) is 10.4 Å². The first-order valence-electron chi connectivity index (χ1n) is 2.20. The Morgan fingerprint density at radius 2 is 2.33 bits per heavy atom. The molecule has 1 rings (SSSR count). The lowest BCUT2D eigenvalue weighted by Gasteiger charge is -1.93. The second-order valence-corrected chi connectivity index (χ2v) is 3.38. The van der Waals surface area contributed by atoms with E-state index in [0.29, 0.717) is 0 Å². The van der Waals surface area contributed by atoms with Crippen LogP contribution in [0.3, 0.4) is 0 Å². The minimum Gasteiger partial charge on any atom is -0.506 e. The predicted molar refractivity (Wildman–Crippen MR) is 46.3 cm³/mol. The highest BCUT2D eigenvalue weighted by Gasteiger charge is 1.96. The van der Waals surface area contributed by atoms with Crippen LogP contribution in [0.4, 0.5) is 0 Å². The maximum Gasteiger partial charge on any atom is 0.135 e. The molecule has 0 amide bonds. The van der Waals surface area contributed by atoms with Crippen LogP contribution in [0.1, 0.15) is 0 Å². The first kappa shape index (κ1) is 7.27. The molecule has 0 radical (unpaired) electrons. The van der Waals surface area contributed by atoms with Gasteiger partial charge in [-0.15, -0.1) is 0 Å². The highest BCUT2D eigenvalue weighted by molar-refractivity contribution is 14.1. The average Bonchev–Trinajstić information content (AvgIpc) is 1.80. The second-order valence-electron chi connectivity index (χ2n) is 1.47. The quantitative estimate of drug-likeness (QED) is 0.588. The van der Waals surface area contributed by atoms with Gasteiger partial charge in [-0.25, -0.2) is 4.98 Å². The topological polar surface area (TPSA) is 33.1 Å². The molecule has 1 aromatic rings. The Labute approximate surface area is 74.6 Å². The van der Waals surface area contributed by atoms with Crippen molar-refractivity contribution in [2.75, 3.05) is 0 Å². The van der Waals surface area contributed by atoms with Crippen LogP contribution >= 0.6 is 38.5 Å². The molecule has 0 unspecified atom stereocenters. The minimum atomic E-state index is 0.197. The van der Waals surface area contributed by atoms with E-state index in [2.05, 4.69) is 43.5 Å². The summed E-state index contributed by atoms with van der Waals surface area (Å²) < 4.78 is 1.67. The number of aromatic nitrogens is 1. The van der Waals surface area contributed by atoms with Gasteiger partial charge in [-0.1, -0.05) is 0 Å². The van der Waals surface area contributed by atoms with Crippen molar-refractivity contribution >= 4 is 38.5 Å². The Morgan fingerprint density at radius 1 is 1.67 bits per heavy atom. The Bertz CT molecular complexity index is 228. The summed E-state index contributed by atoms with van der Waals surface area (Å²) in [6, 6.07) is 1.64. The largest absolute Gasteiger partial charge is 0.506 e. The number of nitrogens with zero attached hydrogens (tertiary/aromatic N) is 1. The highest BCUT2D eigenvalue weighted by Crippen LogP contribution is 2.19. The molecule has 1 aromatic heterocycles. The summed E-state index contributed by atoms with van der Waals surface area (Å²) >= 11 is 5.28. The summed E-state index contributed by atoms with van der Waals surface area (Å²) in [5, 5.41) is 8.85. The first-order chi connectivity index (χ1) is 4.20. The number of hydrogen-bond donors (Lipinski definition) is 1. The lowest BCUT2D eigenvalue weighted by Crippen LogP contribution is -1.78. The van der Waals surface area contributed by atoms with E-state index in [-0.39, 0.29) is 5.75 Å². The Balaban J connectivity index is 3.17. The number of aromatic hydroxyl groups is 1. The minimum absolute atomic E-state index is 0.197. The molecular weight excluding hydrogens is 297 g/mol. The maximum atomic E-state index is 8.85. The zero-order valence-corrected chi connectivity index (χ0v) is 8.05. The Kier molecular flexibility index (Phi) is 2.29. The van der Waals surface area contributed by atoms with Crippen molar-refractivity contribution in [1.82, 2.24) is 4.98 Å². The molecule has 0 aliphatic heterocycles. The Morgan fingerprint density at radius 3 is 2.78 bits per heavy atom. The van der Waals surface area contributed by atoms with Crippen LogP contribution in [0.25, 0.3) is 0 Å². The molecule has 0 bridgehead atoms. The predicted octanol–water partition coefficient (Wildman–Crippen LogP) is 2.15. The highest BCUT2D eigenvalue weighted by atomic mass is 127. The molecule has 2 nitrogen and oxygen atoms in total. The van der Waals surface area contributed by atoms with Gasteiger partial charge in [0.2, 0.25) is 0 Å². The molecule has 0 atom stereocenters. The van der Waals surface area contributed by atoms with Gasteiger partial charge in [-0.05, 0) is 44.6 Å². The van der Waals surface area contributed by atoms with Crippen LogP contribution in [0.15, 0.2) is 16.9 Å². The molecule has 4 heteroatoms. The van der Waals surface area contributed by atoms with E-state index < -0.39 is 0 Å². The van der Waals surface area contributed by atoms with E-state index in [0.717, 1.165) is 8.17 Å². The van der Waals surface area contributed by atoms with Crippen LogP contribution in [-0.4, -0.2) is 10.1 Å². The van der Waals surface area contributed by atoms with Crippen LogP contribution in [0.2, 0.25) is 0 Å². The lowest BCUT2D eigenvalue weighted by atomic mass is 10.5. The van der Waals surface area contributed by atoms with Crippen molar-refractivity contribution in [3.05, 3.63) is 20.4 Å². The fourth-order valence-corrected chi connectivity index (χ4v) is 1.09. The van der Waals surface area contributed by atoms with E-state index in [1.807, 2.05) is 0 Å². The summed E-state index contributed by atoms with van der Waals surface area (Å²) in [6.07, 6.45) is 1.40. The standard InChI is InChI=1S/C5H3BrINO/c6-5-4(7)1-3(9)2-8-5/h1-2,9H. The molecule has 0 aliphatic rings. The van der Waals surface area contributed by atoms with Gasteiger partial charge in [0.05, 0.1) is 6.20 Å². The SMILES string of the molecule is Oc1cnc(Br)c(I)c1. The molecule has 0 aromatic carbocycles. The zero-order valence-electron chi connectivity index (χ0n) is 4.31. The lowest BCUT2D eigenvalue weighted by molar-refractivity contribution is 0.472. The van der Waals surface area contributed by atoms with Gasteiger partial charge in [-0.3, -0.25) is 0 Å². The first-order valence-corrected chi connectivity index (χ1v) is 4.07. The molecule has 1 heterocycles. The number of rotatable bonds is 0. The number of halogens is 2. The van der Waals surface area contributed by atoms with E-state index in [4.69, 9.17) is 5.11 Å². The fraction of sp³-hybridized carbons (Fsp3) is 0. The smallest absolute Gasteiger partial charge is 0.135 e. The van der Waals surface area contributed by atoms with Crippen molar-refractivity contribution < 1.29 is 5.11 Å². The molecule has 48 valence electrons. The van der Waals surface area contributed by atoms with Crippen LogP contribution in [0.5, 0.6) is 5.75 Å². The van der Waals surface area contributed by atoms with E-state index in [1.165, 1.54) is 6.20 Å². The number of hydrogen-bond acceptors (Lipinski definition) is 2. The van der Waals surface area contributed by atoms with E-state index in [1.54, 1.807) is 6.07 Å². The molecule has 1 N–H and O–H groups in total. The van der Waals surface area contributed by atoms with Crippen molar-refractivity contribution in [2.45, 2.75) is 0 Å². The van der Waals surface area contributed by atoms with Crippen molar-refractivity contribution in [3.8, 4) is 5.75 Å². The Hall–Kier alpha value is 0.160. The van der Waals surface area contributed by atoms with Crippen LogP contribution < -0.4 is 0 Å². The van der Waals surface area contributed by atoms with E-state index >= 15 is 0 Å². The molecule has 0 saturated carbocycles. The normalized spacial score (nSPS) is 9.56. The summed E-state index contributed by atoms with van der Waals surface area (Å²) in [4.78, 5) is 3.84. The molecule has 0 fully saturated rings. The second kappa shape index (κ2) is 2.83. The van der Waals surface area contributed by atoms with Crippen molar-refractivity contribution in [3.63, 3.8) is 0 Å². The molecule has 0 saturated heterocycles. The van der Waals surface area contributed by atoms with Gasteiger partial charge in [0.15, 0.2) is 0 Å². The maximum absolute atomic E-state index is 8.85. The summed E-state index contributed by atoms with van der Waals surface area (Å²) in [5.74, 6) is 0.197. The van der Waals surface area contributed by atoms with Crippen LogP contribution in [-0.2, 0) is 0 Å². The van der Waals surface area contributed by atoms with Crippen LogP contribution in [0, 0.1) is 3.57 Å². The molecule has 9 heavy (non-hydrogen) atoms. The van der Waals surface area contributed by atoms with E-state index in [9.17, 15) is 0 Å². The number of pyridine rings is 1.